The number of nitrogens with zero attached hydrogens (tertiary/aromatic N) is 5. The fraction of sp³-hybridized carbons (Fsp3) is 0.296. The zero-order valence-corrected chi connectivity index (χ0v) is 20.4. The van der Waals surface area contributed by atoms with E-state index in [4.69, 9.17) is 21.3 Å². The maximum atomic E-state index is 12.0. The summed E-state index contributed by atoms with van der Waals surface area (Å²) >= 11 is 6.60. The van der Waals surface area contributed by atoms with E-state index in [0.717, 1.165) is 51.4 Å². The van der Waals surface area contributed by atoms with E-state index in [1.54, 1.807) is 12.0 Å². The topological polar surface area (TPSA) is 72.7 Å². The minimum absolute atomic E-state index is 0.0658. The number of nitriles is 1. The van der Waals surface area contributed by atoms with E-state index >= 15 is 0 Å². The summed E-state index contributed by atoms with van der Waals surface area (Å²) in [6.45, 7) is 7.38. The largest absolute Gasteiger partial charge is 0.480 e. The number of hydrogen-bond donors (Lipinski definition) is 0. The molecule has 0 spiro atoms. The molecule has 1 aromatic heterocycles. The van der Waals surface area contributed by atoms with Crippen molar-refractivity contribution in [3.63, 3.8) is 0 Å². The lowest BCUT2D eigenvalue weighted by atomic mass is 9.97. The first kappa shape index (κ1) is 23.0. The summed E-state index contributed by atoms with van der Waals surface area (Å²) in [5.41, 5.74) is 4.39. The number of benzene rings is 2. The summed E-state index contributed by atoms with van der Waals surface area (Å²) in [6.07, 6.45) is 2.09. The number of ether oxygens (including phenoxy) is 1. The average Bonchev–Trinajstić information content (AvgIpc) is 2.91. The smallest absolute Gasteiger partial charge is 0.246 e. The number of halogens is 1. The molecule has 0 radical (unpaired) electrons. The molecule has 7 nitrogen and oxygen atoms in total. The fourth-order valence-electron chi connectivity index (χ4n) is 5.16. The molecule has 3 aromatic rings. The Kier molecular flexibility index (Phi) is 6.23. The first-order valence-electron chi connectivity index (χ1n) is 11.6. The minimum atomic E-state index is -0.0658. The van der Waals surface area contributed by atoms with E-state index in [1.165, 1.54) is 6.08 Å². The maximum absolute atomic E-state index is 12.0. The SMILES string of the molecule is C=CC(=O)N1CCN(c2c(C#N)c(OC)nc3c2CCN(c2cccc4cccc(Cl)c24)C3)CC1. The van der Waals surface area contributed by atoms with Gasteiger partial charge in [0.15, 0.2) is 0 Å². The molecule has 1 saturated heterocycles. The van der Waals surface area contributed by atoms with Crippen molar-refractivity contribution in [1.82, 2.24) is 9.88 Å². The highest BCUT2D eigenvalue weighted by atomic mass is 35.5. The van der Waals surface area contributed by atoms with Crippen LogP contribution in [-0.2, 0) is 17.8 Å². The molecule has 0 aliphatic carbocycles. The van der Waals surface area contributed by atoms with Gasteiger partial charge in [0.25, 0.3) is 0 Å². The van der Waals surface area contributed by atoms with Gasteiger partial charge in [-0.2, -0.15) is 5.26 Å². The second-order valence-electron chi connectivity index (χ2n) is 8.68. The molecule has 5 rings (SSSR count). The quantitative estimate of drug-likeness (QED) is 0.514. The number of anilines is 2. The lowest BCUT2D eigenvalue weighted by molar-refractivity contribution is -0.126. The fourth-order valence-corrected chi connectivity index (χ4v) is 5.44. The Bertz CT molecular complexity index is 1350. The summed E-state index contributed by atoms with van der Waals surface area (Å²) in [5, 5.41) is 12.9. The Morgan fingerprint density at radius 3 is 2.57 bits per heavy atom. The van der Waals surface area contributed by atoms with Gasteiger partial charge in [-0.25, -0.2) is 4.98 Å². The lowest BCUT2D eigenvalue weighted by Crippen LogP contribution is -2.49. The second kappa shape index (κ2) is 9.47. The van der Waals surface area contributed by atoms with Gasteiger partial charge in [0.2, 0.25) is 11.8 Å². The van der Waals surface area contributed by atoms with Crippen LogP contribution >= 0.6 is 11.6 Å². The number of fused-ring (bicyclic) bond motifs is 2. The molecule has 8 heteroatoms. The van der Waals surface area contributed by atoms with E-state index < -0.39 is 0 Å². The number of piperazine rings is 1. The Balaban J connectivity index is 1.53. The van der Waals surface area contributed by atoms with E-state index in [0.29, 0.717) is 44.2 Å². The van der Waals surface area contributed by atoms with Crippen LogP contribution in [0.25, 0.3) is 10.8 Å². The number of carbonyl (C=O) groups excluding carboxylic acids is 1. The van der Waals surface area contributed by atoms with Crippen molar-refractivity contribution in [3.8, 4) is 11.9 Å². The van der Waals surface area contributed by atoms with Gasteiger partial charge >= 0.3 is 0 Å². The Morgan fingerprint density at radius 1 is 1.14 bits per heavy atom. The third-order valence-corrected chi connectivity index (χ3v) is 7.17. The van der Waals surface area contributed by atoms with Crippen molar-refractivity contribution >= 4 is 39.7 Å². The van der Waals surface area contributed by atoms with Crippen LogP contribution in [0.3, 0.4) is 0 Å². The van der Waals surface area contributed by atoms with Gasteiger partial charge < -0.3 is 19.4 Å². The third-order valence-electron chi connectivity index (χ3n) is 6.85. The maximum Gasteiger partial charge on any atom is 0.246 e. The first-order chi connectivity index (χ1) is 17.0. The van der Waals surface area contributed by atoms with Crippen LogP contribution in [-0.4, -0.2) is 55.6 Å². The van der Waals surface area contributed by atoms with Crippen molar-refractivity contribution in [1.29, 1.82) is 5.26 Å². The number of amides is 1. The predicted octanol–water partition coefficient (Wildman–Crippen LogP) is 4.17. The summed E-state index contributed by atoms with van der Waals surface area (Å²) in [6, 6.07) is 14.5. The summed E-state index contributed by atoms with van der Waals surface area (Å²) in [7, 11) is 1.55. The standard InChI is InChI=1S/C27H26ClN5O2/c1-3-24(34)31-12-14-32(15-13-31)26-19-10-11-33(17-22(19)30-27(35-2)20(26)16-29)23-9-5-7-18-6-4-8-21(28)25(18)23/h3-9H,1,10-15,17H2,2H3. The molecule has 0 saturated carbocycles. The minimum Gasteiger partial charge on any atom is -0.480 e. The highest BCUT2D eigenvalue weighted by Gasteiger charge is 2.31. The van der Waals surface area contributed by atoms with E-state index in [2.05, 4.69) is 40.6 Å². The lowest BCUT2D eigenvalue weighted by Gasteiger charge is -2.39. The van der Waals surface area contributed by atoms with Crippen molar-refractivity contribution < 1.29 is 9.53 Å². The number of pyridine rings is 1. The Hall–Kier alpha value is -3.76. The molecule has 178 valence electrons. The van der Waals surface area contributed by atoms with Gasteiger partial charge in [0, 0.05) is 49.4 Å². The monoisotopic (exact) mass is 487 g/mol. The molecule has 1 fully saturated rings. The van der Waals surface area contributed by atoms with E-state index in [9.17, 15) is 10.1 Å². The molecule has 0 unspecified atom stereocenters. The Labute approximate surface area is 209 Å². The van der Waals surface area contributed by atoms with E-state index in [1.807, 2.05) is 18.2 Å². The highest BCUT2D eigenvalue weighted by molar-refractivity contribution is 6.36. The number of methoxy groups -OCH3 is 1. The summed E-state index contributed by atoms with van der Waals surface area (Å²) in [5.74, 6) is 0.271. The molecular weight excluding hydrogens is 462 g/mol. The van der Waals surface area contributed by atoms with Gasteiger partial charge in [-0.15, -0.1) is 0 Å². The number of hydrogen-bond acceptors (Lipinski definition) is 6. The van der Waals surface area contributed by atoms with Crippen LogP contribution in [0.1, 0.15) is 16.8 Å². The van der Waals surface area contributed by atoms with Crippen LogP contribution in [0.2, 0.25) is 5.02 Å². The van der Waals surface area contributed by atoms with Crippen LogP contribution in [0.4, 0.5) is 11.4 Å². The number of rotatable bonds is 4. The molecule has 0 bridgehead atoms. The molecule has 35 heavy (non-hydrogen) atoms. The van der Waals surface area contributed by atoms with Crippen molar-refractivity contribution in [3.05, 3.63) is 70.9 Å². The van der Waals surface area contributed by atoms with Crippen molar-refractivity contribution in [2.24, 2.45) is 0 Å². The molecule has 0 atom stereocenters. The molecule has 1 amide bonds. The summed E-state index contributed by atoms with van der Waals surface area (Å²) < 4.78 is 5.56. The number of aromatic nitrogens is 1. The van der Waals surface area contributed by atoms with Gasteiger partial charge in [-0.3, -0.25) is 4.79 Å². The van der Waals surface area contributed by atoms with Crippen LogP contribution < -0.4 is 14.5 Å². The van der Waals surface area contributed by atoms with E-state index in [-0.39, 0.29) is 5.91 Å². The van der Waals surface area contributed by atoms with Crippen LogP contribution in [0, 0.1) is 11.3 Å². The van der Waals surface area contributed by atoms with Crippen LogP contribution in [0.15, 0.2) is 49.1 Å². The molecule has 2 aliphatic heterocycles. The molecule has 2 aromatic carbocycles. The van der Waals surface area contributed by atoms with Gasteiger partial charge in [0.05, 0.1) is 30.1 Å². The zero-order valence-electron chi connectivity index (χ0n) is 19.6. The van der Waals surface area contributed by atoms with Crippen molar-refractivity contribution in [2.75, 3.05) is 49.6 Å². The molecule has 0 N–H and O–H groups in total. The number of carbonyl (C=O) groups is 1. The molecular formula is C27H26ClN5O2. The second-order valence-corrected chi connectivity index (χ2v) is 9.09. The normalized spacial score (nSPS) is 15.5. The predicted molar refractivity (Wildman–Crippen MR) is 138 cm³/mol. The third kappa shape index (κ3) is 4.04. The molecule has 2 aliphatic rings. The van der Waals surface area contributed by atoms with Gasteiger partial charge in [-0.1, -0.05) is 42.4 Å². The molecule has 3 heterocycles. The Morgan fingerprint density at radius 2 is 1.89 bits per heavy atom. The summed E-state index contributed by atoms with van der Waals surface area (Å²) in [4.78, 5) is 23.1. The van der Waals surface area contributed by atoms with Gasteiger partial charge in [-0.05, 0) is 30.0 Å². The zero-order chi connectivity index (χ0) is 24.5. The van der Waals surface area contributed by atoms with Crippen LogP contribution in [0.5, 0.6) is 5.88 Å². The van der Waals surface area contributed by atoms with Gasteiger partial charge in [0.1, 0.15) is 11.6 Å². The van der Waals surface area contributed by atoms with Crippen molar-refractivity contribution in [2.45, 2.75) is 13.0 Å². The first-order valence-corrected chi connectivity index (χ1v) is 12.0. The average molecular weight is 488 g/mol. The highest BCUT2D eigenvalue weighted by Crippen LogP contribution is 2.39.